The lowest BCUT2D eigenvalue weighted by atomic mass is 9.95. The summed E-state index contributed by atoms with van der Waals surface area (Å²) in [6.45, 7) is 2.61. The summed E-state index contributed by atoms with van der Waals surface area (Å²) in [5, 5.41) is 0. The first-order chi connectivity index (χ1) is 11.5. The first-order valence-electron chi connectivity index (χ1n) is 8.42. The van der Waals surface area contributed by atoms with Crippen molar-refractivity contribution in [1.29, 1.82) is 0 Å². The van der Waals surface area contributed by atoms with Gasteiger partial charge in [-0.1, -0.05) is 12.1 Å². The maximum absolute atomic E-state index is 13.7. The summed E-state index contributed by atoms with van der Waals surface area (Å²) in [5.74, 6) is -0.715. The Bertz CT molecular complexity index is 636. The summed E-state index contributed by atoms with van der Waals surface area (Å²) in [7, 11) is 1.64. The van der Waals surface area contributed by atoms with Crippen molar-refractivity contribution in [2.24, 2.45) is 0 Å². The van der Waals surface area contributed by atoms with Crippen LogP contribution in [-0.4, -0.2) is 54.0 Å². The zero-order valence-electron chi connectivity index (χ0n) is 14.1. The number of halogens is 1. The fourth-order valence-corrected chi connectivity index (χ4v) is 3.60. The molecule has 0 radical (unpaired) electrons. The molecule has 0 bridgehead atoms. The van der Waals surface area contributed by atoms with Gasteiger partial charge in [-0.25, -0.2) is 4.39 Å². The molecule has 2 amide bonds. The second kappa shape index (κ2) is 6.89. The Morgan fingerprint density at radius 1 is 1.33 bits per heavy atom. The molecular formula is C18H23FN2O3. The SMILES string of the molecule is C[C@@H]1CCCCN1C(=O)[C@@H]1OCC(=O)N(C)[C@@H]1c1cccc(F)c1. The Labute approximate surface area is 141 Å². The largest absolute Gasteiger partial charge is 0.356 e. The van der Waals surface area contributed by atoms with E-state index < -0.39 is 18.0 Å². The van der Waals surface area contributed by atoms with Gasteiger partial charge in [-0.15, -0.1) is 0 Å². The fourth-order valence-electron chi connectivity index (χ4n) is 3.60. The Morgan fingerprint density at radius 2 is 2.12 bits per heavy atom. The van der Waals surface area contributed by atoms with Gasteiger partial charge < -0.3 is 14.5 Å². The molecule has 0 unspecified atom stereocenters. The molecule has 1 aromatic carbocycles. The standard InChI is InChI=1S/C18H23FN2O3/c1-12-6-3-4-9-21(12)18(23)17-16(20(2)15(22)11-24-17)13-7-5-8-14(19)10-13/h5,7-8,10,12,16-17H,3-4,6,9,11H2,1-2H3/t12-,16-,17-/m1/s1. The third kappa shape index (κ3) is 3.15. The number of benzene rings is 1. The second-order valence-electron chi connectivity index (χ2n) is 6.61. The van der Waals surface area contributed by atoms with E-state index in [-0.39, 0.29) is 24.5 Å². The van der Waals surface area contributed by atoms with Crippen molar-refractivity contribution >= 4 is 11.8 Å². The van der Waals surface area contributed by atoms with Crippen molar-refractivity contribution in [3.05, 3.63) is 35.6 Å². The van der Waals surface area contributed by atoms with Gasteiger partial charge in [-0.05, 0) is 43.9 Å². The fraction of sp³-hybridized carbons (Fsp3) is 0.556. The van der Waals surface area contributed by atoms with Crippen LogP contribution in [0.5, 0.6) is 0 Å². The van der Waals surface area contributed by atoms with Crippen LogP contribution in [0.25, 0.3) is 0 Å². The molecule has 3 atom stereocenters. The first-order valence-corrected chi connectivity index (χ1v) is 8.42. The number of ether oxygens (including phenoxy) is 1. The zero-order chi connectivity index (χ0) is 17.3. The molecule has 6 heteroatoms. The van der Waals surface area contributed by atoms with Gasteiger partial charge in [0.15, 0.2) is 6.10 Å². The van der Waals surface area contributed by atoms with Crippen molar-refractivity contribution in [3.63, 3.8) is 0 Å². The Hall–Kier alpha value is -1.95. The van der Waals surface area contributed by atoms with Gasteiger partial charge in [0.1, 0.15) is 12.4 Å². The quantitative estimate of drug-likeness (QED) is 0.832. The number of hydrogen-bond donors (Lipinski definition) is 0. The van der Waals surface area contributed by atoms with Gasteiger partial charge in [-0.2, -0.15) is 0 Å². The maximum Gasteiger partial charge on any atom is 0.254 e. The van der Waals surface area contributed by atoms with Crippen molar-refractivity contribution in [2.75, 3.05) is 20.2 Å². The van der Waals surface area contributed by atoms with Crippen LogP contribution in [0.15, 0.2) is 24.3 Å². The van der Waals surface area contributed by atoms with E-state index in [1.165, 1.54) is 17.0 Å². The molecule has 5 nitrogen and oxygen atoms in total. The molecule has 0 saturated carbocycles. The lowest BCUT2D eigenvalue weighted by Crippen LogP contribution is -2.56. The molecule has 0 aliphatic carbocycles. The lowest BCUT2D eigenvalue weighted by molar-refractivity contribution is -0.169. The molecule has 2 saturated heterocycles. The van der Waals surface area contributed by atoms with E-state index in [1.807, 2.05) is 11.8 Å². The van der Waals surface area contributed by atoms with E-state index in [4.69, 9.17) is 4.74 Å². The van der Waals surface area contributed by atoms with E-state index in [0.29, 0.717) is 12.1 Å². The van der Waals surface area contributed by atoms with E-state index in [2.05, 4.69) is 0 Å². The van der Waals surface area contributed by atoms with Crippen molar-refractivity contribution in [3.8, 4) is 0 Å². The second-order valence-corrected chi connectivity index (χ2v) is 6.61. The number of likely N-dealkylation sites (N-methyl/N-ethyl adjacent to an activating group) is 1. The van der Waals surface area contributed by atoms with Gasteiger partial charge in [0.05, 0.1) is 6.04 Å². The lowest BCUT2D eigenvalue weighted by Gasteiger charge is -2.42. The number of rotatable bonds is 2. The zero-order valence-corrected chi connectivity index (χ0v) is 14.1. The van der Waals surface area contributed by atoms with Gasteiger partial charge >= 0.3 is 0 Å². The molecule has 3 rings (SSSR count). The Morgan fingerprint density at radius 3 is 2.83 bits per heavy atom. The number of morpholine rings is 1. The summed E-state index contributed by atoms with van der Waals surface area (Å²) in [5.41, 5.74) is 0.577. The molecule has 1 aromatic rings. The molecule has 24 heavy (non-hydrogen) atoms. The number of carbonyl (C=O) groups excluding carboxylic acids is 2. The minimum absolute atomic E-state index is 0.115. The Balaban J connectivity index is 1.91. The number of likely N-dealkylation sites (tertiary alicyclic amines) is 1. The molecule has 2 heterocycles. The molecular weight excluding hydrogens is 311 g/mol. The van der Waals surface area contributed by atoms with Crippen LogP contribution in [0.2, 0.25) is 0 Å². The highest BCUT2D eigenvalue weighted by Crippen LogP contribution is 2.32. The van der Waals surface area contributed by atoms with E-state index in [0.717, 1.165) is 19.3 Å². The van der Waals surface area contributed by atoms with Crippen LogP contribution >= 0.6 is 0 Å². The van der Waals surface area contributed by atoms with Crippen LogP contribution in [0.1, 0.15) is 37.8 Å². The molecule has 2 aliphatic rings. The van der Waals surface area contributed by atoms with Gasteiger partial charge in [0, 0.05) is 19.6 Å². The predicted octanol–water partition coefficient (Wildman–Crippen LogP) is 2.12. The van der Waals surface area contributed by atoms with E-state index >= 15 is 0 Å². The van der Waals surface area contributed by atoms with Crippen molar-refractivity contribution in [1.82, 2.24) is 9.80 Å². The predicted molar refractivity (Wildman–Crippen MR) is 86.7 cm³/mol. The van der Waals surface area contributed by atoms with Crippen LogP contribution in [-0.2, 0) is 14.3 Å². The molecule has 0 N–H and O–H groups in total. The number of carbonyl (C=O) groups is 2. The van der Waals surface area contributed by atoms with Crippen LogP contribution in [0.3, 0.4) is 0 Å². The third-order valence-electron chi connectivity index (χ3n) is 5.00. The average molecular weight is 334 g/mol. The third-order valence-corrected chi connectivity index (χ3v) is 5.00. The highest BCUT2D eigenvalue weighted by Gasteiger charge is 2.43. The number of hydrogen-bond acceptors (Lipinski definition) is 3. The summed E-state index contributed by atoms with van der Waals surface area (Å²) in [4.78, 5) is 28.4. The molecule has 0 spiro atoms. The topological polar surface area (TPSA) is 49.9 Å². The maximum atomic E-state index is 13.7. The molecule has 2 fully saturated rings. The van der Waals surface area contributed by atoms with E-state index in [1.54, 1.807) is 19.2 Å². The van der Waals surface area contributed by atoms with Gasteiger partial charge in [-0.3, -0.25) is 9.59 Å². The van der Waals surface area contributed by atoms with Crippen molar-refractivity contribution < 1.29 is 18.7 Å². The minimum Gasteiger partial charge on any atom is -0.356 e. The van der Waals surface area contributed by atoms with Crippen LogP contribution in [0.4, 0.5) is 4.39 Å². The van der Waals surface area contributed by atoms with Crippen molar-refractivity contribution in [2.45, 2.75) is 44.4 Å². The first kappa shape index (κ1) is 16.9. The van der Waals surface area contributed by atoms with Gasteiger partial charge in [0.2, 0.25) is 5.91 Å². The summed E-state index contributed by atoms with van der Waals surface area (Å²) in [6.07, 6.45) is 2.26. The highest BCUT2D eigenvalue weighted by atomic mass is 19.1. The number of piperidine rings is 1. The number of amides is 2. The average Bonchev–Trinajstić information content (AvgIpc) is 2.57. The summed E-state index contributed by atoms with van der Waals surface area (Å²) >= 11 is 0. The summed E-state index contributed by atoms with van der Waals surface area (Å²) in [6, 6.07) is 5.57. The van der Waals surface area contributed by atoms with Crippen LogP contribution < -0.4 is 0 Å². The molecule has 130 valence electrons. The van der Waals surface area contributed by atoms with E-state index in [9.17, 15) is 14.0 Å². The Kier molecular flexibility index (Phi) is 4.85. The molecule has 2 aliphatic heterocycles. The van der Waals surface area contributed by atoms with Crippen LogP contribution in [0, 0.1) is 5.82 Å². The monoisotopic (exact) mass is 334 g/mol. The number of nitrogens with zero attached hydrogens (tertiary/aromatic N) is 2. The molecule has 0 aromatic heterocycles. The van der Waals surface area contributed by atoms with Gasteiger partial charge in [0.25, 0.3) is 5.91 Å². The smallest absolute Gasteiger partial charge is 0.254 e. The normalized spacial score (nSPS) is 28.1. The highest BCUT2D eigenvalue weighted by molar-refractivity contribution is 5.86. The minimum atomic E-state index is -0.796. The summed E-state index contributed by atoms with van der Waals surface area (Å²) < 4.78 is 19.3.